The van der Waals surface area contributed by atoms with Gasteiger partial charge in [0.15, 0.2) is 6.10 Å². The highest BCUT2D eigenvalue weighted by atomic mass is 16.5. The summed E-state index contributed by atoms with van der Waals surface area (Å²) in [6.07, 6.45) is 2.97. The van der Waals surface area contributed by atoms with E-state index in [4.69, 9.17) is 4.74 Å². The molecule has 0 saturated heterocycles. The molecule has 0 aromatic heterocycles. The maximum absolute atomic E-state index is 12.4. The standard InChI is InChI=1S/C18H25NO3/c1-11-4-3-5-15(8-11)22-12(2)18(21)19-17-14-7-6-13(9-14)16(17)10-20/h3-5,8,12-14,16-17,20H,6-7,9-10H2,1-2H3,(H,19,21). The van der Waals surface area contributed by atoms with Crippen molar-refractivity contribution < 1.29 is 14.6 Å². The van der Waals surface area contributed by atoms with Crippen LogP contribution in [0.2, 0.25) is 0 Å². The highest BCUT2D eigenvalue weighted by Crippen LogP contribution is 2.48. The van der Waals surface area contributed by atoms with Crippen LogP contribution in [0.1, 0.15) is 31.7 Å². The fraction of sp³-hybridized carbons (Fsp3) is 0.611. The molecule has 120 valence electrons. The number of aliphatic hydroxyl groups excluding tert-OH is 1. The van der Waals surface area contributed by atoms with E-state index in [9.17, 15) is 9.90 Å². The number of benzene rings is 1. The largest absolute Gasteiger partial charge is 0.481 e. The molecule has 2 saturated carbocycles. The third-order valence-corrected chi connectivity index (χ3v) is 5.28. The minimum absolute atomic E-state index is 0.0856. The number of ether oxygens (including phenoxy) is 1. The number of nitrogens with one attached hydrogen (secondary N) is 1. The lowest BCUT2D eigenvalue weighted by Gasteiger charge is -2.31. The van der Waals surface area contributed by atoms with Crippen molar-refractivity contribution in [1.82, 2.24) is 5.32 Å². The minimum Gasteiger partial charge on any atom is -0.481 e. The van der Waals surface area contributed by atoms with Gasteiger partial charge in [-0.15, -0.1) is 0 Å². The summed E-state index contributed by atoms with van der Waals surface area (Å²) in [5.74, 6) is 1.95. The maximum Gasteiger partial charge on any atom is 0.261 e. The molecule has 2 N–H and O–H groups in total. The molecule has 0 heterocycles. The van der Waals surface area contributed by atoms with Gasteiger partial charge in [-0.2, -0.15) is 0 Å². The Balaban J connectivity index is 1.59. The second-order valence-corrected chi connectivity index (χ2v) is 6.79. The van der Waals surface area contributed by atoms with Gasteiger partial charge >= 0.3 is 0 Å². The van der Waals surface area contributed by atoms with E-state index < -0.39 is 6.10 Å². The maximum atomic E-state index is 12.4. The van der Waals surface area contributed by atoms with Crippen molar-refractivity contribution in [2.45, 2.75) is 45.3 Å². The van der Waals surface area contributed by atoms with Gasteiger partial charge in [0.2, 0.25) is 0 Å². The molecular formula is C18H25NO3. The summed E-state index contributed by atoms with van der Waals surface area (Å²) in [5, 5.41) is 12.7. The molecule has 4 heteroatoms. The zero-order valence-electron chi connectivity index (χ0n) is 13.3. The molecule has 5 atom stereocenters. The molecule has 2 bridgehead atoms. The molecule has 4 nitrogen and oxygen atoms in total. The summed E-state index contributed by atoms with van der Waals surface area (Å²) in [4.78, 5) is 12.4. The lowest BCUT2D eigenvalue weighted by Crippen LogP contribution is -2.49. The topological polar surface area (TPSA) is 58.6 Å². The Hall–Kier alpha value is -1.55. The molecule has 0 spiro atoms. The fourth-order valence-electron chi connectivity index (χ4n) is 4.13. The summed E-state index contributed by atoms with van der Waals surface area (Å²) in [5.41, 5.74) is 1.11. The Morgan fingerprint density at radius 2 is 2.18 bits per heavy atom. The van der Waals surface area contributed by atoms with Gasteiger partial charge in [0.1, 0.15) is 5.75 Å². The van der Waals surface area contributed by atoms with E-state index in [1.165, 1.54) is 12.8 Å². The number of rotatable bonds is 5. The van der Waals surface area contributed by atoms with E-state index in [0.29, 0.717) is 17.6 Å². The molecule has 1 aromatic rings. The number of aliphatic hydroxyl groups is 1. The van der Waals surface area contributed by atoms with Gasteiger partial charge in [0.25, 0.3) is 5.91 Å². The zero-order valence-corrected chi connectivity index (χ0v) is 13.3. The summed E-state index contributed by atoms with van der Waals surface area (Å²) < 4.78 is 5.74. The molecule has 1 amide bonds. The number of fused-ring (bicyclic) bond motifs is 2. The summed E-state index contributed by atoms with van der Waals surface area (Å²) in [7, 11) is 0. The first-order valence-electron chi connectivity index (χ1n) is 8.23. The molecule has 2 aliphatic carbocycles. The Bertz CT molecular complexity index is 545. The Labute approximate surface area is 131 Å². The normalized spacial score (nSPS) is 31.0. The SMILES string of the molecule is Cc1cccc(OC(C)C(=O)NC2C3CCC(C3)C2CO)c1. The average molecular weight is 303 g/mol. The number of amides is 1. The van der Waals surface area contributed by atoms with Gasteiger partial charge in [-0.3, -0.25) is 4.79 Å². The van der Waals surface area contributed by atoms with Gasteiger partial charge < -0.3 is 15.2 Å². The van der Waals surface area contributed by atoms with E-state index in [-0.39, 0.29) is 24.5 Å². The number of hydrogen-bond donors (Lipinski definition) is 2. The van der Waals surface area contributed by atoms with Crippen LogP contribution in [0.3, 0.4) is 0 Å². The summed E-state index contributed by atoms with van der Waals surface area (Å²) >= 11 is 0. The van der Waals surface area contributed by atoms with Crippen molar-refractivity contribution in [1.29, 1.82) is 0 Å². The quantitative estimate of drug-likeness (QED) is 0.877. The highest BCUT2D eigenvalue weighted by Gasteiger charge is 2.47. The Kier molecular flexibility index (Phi) is 4.39. The van der Waals surface area contributed by atoms with Gasteiger partial charge in [0.05, 0.1) is 0 Å². The molecule has 2 fully saturated rings. The number of carbonyl (C=O) groups excluding carboxylic acids is 1. The monoisotopic (exact) mass is 303 g/mol. The first-order valence-corrected chi connectivity index (χ1v) is 8.23. The van der Waals surface area contributed by atoms with E-state index >= 15 is 0 Å². The van der Waals surface area contributed by atoms with Gasteiger partial charge in [-0.05, 0) is 62.6 Å². The molecule has 0 radical (unpaired) electrons. The van der Waals surface area contributed by atoms with E-state index in [1.807, 2.05) is 31.2 Å². The fourth-order valence-corrected chi connectivity index (χ4v) is 4.13. The van der Waals surface area contributed by atoms with Gasteiger partial charge in [-0.1, -0.05) is 12.1 Å². The smallest absolute Gasteiger partial charge is 0.261 e. The van der Waals surface area contributed by atoms with Crippen molar-refractivity contribution in [3.63, 3.8) is 0 Å². The number of hydrogen-bond acceptors (Lipinski definition) is 3. The number of carbonyl (C=O) groups is 1. The molecule has 22 heavy (non-hydrogen) atoms. The van der Waals surface area contributed by atoms with Crippen LogP contribution in [-0.2, 0) is 4.79 Å². The lowest BCUT2D eigenvalue weighted by atomic mass is 9.85. The second kappa shape index (κ2) is 6.29. The van der Waals surface area contributed by atoms with Crippen LogP contribution in [-0.4, -0.2) is 29.8 Å². The second-order valence-electron chi connectivity index (χ2n) is 6.79. The Morgan fingerprint density at radius 3 is 2.91 bits per heavy atom. The van der Waals surface area contributed by atoms with E-state index in [0.717, 1.165) is 12.0 Å². The van der Waals surface area contributed by atoms with Crippen LogP contribution in [0.4, 0.5) is 0 Å². The van der Waals surface area contributed by atoms with Crippen LogP contribution in [0.15, 0.2) is 24.3 Å². The van der Waals surface area contributed by atoms with Crippen LogP contribution in [0.5, 0.6) is 5.75 Å². The van der Waals surface area contributed by atoms with Crippen LogP contribution in [0.25, 0.3) is 0 Å². The summed E-state index contributed by atoms with van der Waals surface area (Å²) in [6.45, 7) is 3.94. The lowest BCUT2D eigenvalue weighted by molar-refractivity contribution is -0.128. The van der Waals surface area contributed by atoms with Crippen LogP contribution in [0, 0.1) is 24.7 Å². The summed E-state index contributed by atoms with van der Waals surface area (Å²) in [6, 6.07) is 7.83. The van der Waals surface area contributed by atoms with Crippen molar-refractivity contribution in [2.75, 3.05) is 6.61 Å². The zero-order chi connectivity index (χ0) is 15.7. The predicted molar refractivity (Wildman–Crippen MR) is 84.6 cm³/mol. The Morgan fingerprint density at radius 1 is 1.41 bits per heavy atom. The van der Waals surface area contributed by atoms with E-state index in [1.54, 1.807) is 6.92 Å². The minimum atomic E-state index is -0.528. The third-order valence-electron chi connectivity index (χ3n) is 5.28. The molecule has 2 aliphatic rings. The van der Waals surface area contributed by atoms with Crippen molar-refractivity contribution in [2.24, 2.45) is 17.8 Å². The highest BCUT2D eigenvalue weighted by molar-refractivity contribution is 5.81. The van der Waals surface area contributed by atoms with Crippen LogP contribution >= 0.6 is 0 Å². The van der Waals surface area contributed by atoms with Crippen molar-refractivity contribution in [3.8, 4) is 5.75 Å². The molecule has 0 aliphatic heterocycles. The van der Waals surface area contributed by atoms with Gasteiger partial charge in [0, 0.05) is 18.6 Å². The molecule has 5 unspecified atom stereocenters. The molecule has 3 rings (SSSR count). The van der Waals surface area contributed by atoms with E-state index in [2.05, 4.69) is 5.32 Å². The van der Waals surface area contributed by atoms with Crippen molar-refractivity contribution in [3.05, 3.63) is 29.8 Å². The average Bonchev–Trinajstić information content (AvgIpc) is 3.08. The van der Waals surface area contributed by atoms with Crippen LogP contribution < -0.4 is 10.1 Å². The third kappa shape index (κ3) is 2.98. The molecular weight excluding hydrogens is 278 g/mol. The first-order chi connectivity index (χ1) is 10.6. The van der Waals surface area contributed by atoms with Crippen molar-refractivity contribution >= 4 is 5.91 Å². The van der Waals surface area contributed by atoms with Gasteiger partial charge in [-0.25, -0.2) is 0 Å². The molecule has 1 aromatic carbocycles. The number of aryl methyl sites for hydroxylation is 1. The predicted octanol–water partition coefficient (Wildman–Crippen LogP) is 2.29. The first kappa shape index (κ1) is 15.3.